The van der Waals surface area contributed by atoms with Crippen LogP contribution in [0, 0.1) is 6.92 Å². The van der Waals surface area contributed by atoms with E-state index in [2.05, 4.69) is 25.8 Å². The number of nitrogens with one attached hydrogen (secondary N) is 3. The zero-order chi connectivity index (χ0) is 21.1. The lowest BCUT2D eigenvalue weighted by Gasteiger charge is -2.32. The first-order chi connectivity index (χ1) is 14.0. The maximum absolute atomic E-state index is 11.5. The van der Waals surface area contributed by atoms with Gasteiger partial charge in [0, 0.05) is 32.7 Å². The highest BCUT2D eigenvalue weighted by molar-refractivity contribution is 5.80. The molecule has 1 aliphatic heterocycles. The summed E-state index contributed by atoms with van der Waals surface area (Å²) in [5, 5.41) is 19.5. The second-order valence-corrected chi connectivity index (χ2v) is 7.37. The third-order valence-corrected chi connectivity index (χ3v) is 4.81. The molecule has 1 saturated heterocycles. The number of likely N-dealkylation sites (N-methyl/N-ethyl adjacent to an activating group) is 1. The fourth-order valence-electron chi connectivity index (χ4n) is 3.18. The highest BCUT2D eigenvalue weighted by Crippen LogP contribution is 2.12. The molecule has 2 rings (SSSR count). The Labute approximate surface area is 173 Å². The quantitative estimate of drug-likeness (QED) is 0.353. The first-order valence-electron chi connectivity index (χ1n) is 10.4. The number of likely N-dealkylation sites (tertiary alicyclic amines) is 1. The Hall–Kier alpha value is -2.32. The molecule has 0 spiro atoms. The van der Waals surface area contributed by atoms with Gasteiger partial charge in [0.1, 0.15) is 18.5 Å². The number of aryl methyl sites for hydroxylation is 1. The second kappa shape index (κ2) is 12.3. The topological polar surface area (TPSA) is 98.2 Å². The maximum Gasteiger partial charge on any atom is 0.233 e. The first kappa shape index (κ1) is 23.0. The van der Waals surface area contributed by atoms with Gasteiger partial charge in [0.25, 0.3) is 0 Å². The fourth-order valence-corrected chi connectivity index (χ4v) is 3.18. The Morgan fingerprint density at radius 1 is 1.38 bits per heavy atom. The largest absolute Gasteiger partial charge is 0.491 e. The number of aliphatic hydroxyl groups is 1. The Bertz CT molecular complexity index is 659. The summed E-state index contributed by atoms with van der Waals surface area (Å²) in [6.07, 6.45) is 1.21. The number of benzene rings is 1. The average Bonchev–Trinajstić information content (AvgIpc) is 2.72. The molecule has 0 aliphatic carbocycles. The van der Waals surface area contributed by atoms with Gasteiger partial charge in [-0.1, -0.05) is 12.1 Å². The number of ether oxygens (including phenoxy) is 1. The van der Waals surface area contributed by atoms with Gasteiger partial charge in [-0.15, -0.1) is 0 Å². The van der Waals surface area contributed by atoms with Crippen molar-refractivity contribution in [2.24, 2.45) is 4.99 Å². The highest BCUT2D eigenvalue weighted by atomic mass is 16.5. The van der Waals surface area contributed by atoms with Crippen LogP contribution in [0.4, 0.5) is 0 Å². The van der Waals surface area contributed by atoms with E-state index in [0.29, 0.717) is 18.5 Å². The van der Waals surface area contributed by atoms with Crippen molar-refractivity contribution in [3.63, 3.8) is 0 Å². The van der Waals surface area contributed by atoms with Crippen molar-refractivity contribution < 1.29 is 14.6 Å². The van der Waals surface area contributed by atoms with E-state index in [1.807, 2.05) is 38.1 Å². The van der Waals surface area contributed by atoms with E-state index in [4.69, 9.17) is 4.74 Å². The standard InChI is InChI=1S/C21H35N5O3/c1-4-23-21(25-17-8-10-26(11-9-17)14-20(28)22-3)24-13-18(27)15-29-19-7-5-6-16(2)12-19/h5-7,12,17-18,27H,4,8-11,13-15H2,1-3H3,(H,22,28)(H2,23,24,25). The van der Waals surface area contributed by atoms with Crippen LogP contribution in [-0.2, 0) is 4.79 Å². The average molecular weight is 406 g/mol. The number of guanidine groups is 1. The monoisotopic (exact) mass is 405 g/mol. The summed E-state index contributed by atoms with van der Waals surface area (Å²) in [6.45, 7) is 7.42. The normalized spacial score (nSPS) is 16.9. The minimum absolute atomic E-state index is 0.0492. The van der Waals surface area contributed by atoms with E-state index in [1.54, 1.807) is 7.05 Å². The molecular weight excluding hydrogens is 370 g/mol. The molecule has 1 heterocycles. The van der Waals surface area contributed by atoms with Gasteiger partial charge in [0.05, 0.1) is 13.1 Å². The van der Waals surface area contributed by atoms with E-state index in [9.17, 15) is 9.90 Å². The highest BCUT2D eigenvalue weighted by Gasteiger charge is 2.21. The summed E-state index contributed by atoms with van der Waals surface area (Å²) in [4.78, 5) is 18.2. The summed E-state index contributed by atoms with van der Waals surface area (Å²) in [5.74, 6) is 1.50. The van der Waals surface area contributed by atoms with Gasteiger partial charge in [-0.3, -0.25) is 14.7 Å². The third kappa shape index (κ3) is 8.70. The van der Waals surface area contributed by atoms with Crippen molar-refractivity contribution in [3.8, 4) is 5.75 Å². The zero-order valence-corrected chi connectivity index (χ0v) is 17.8. The Morgan fingerprint density at radius 2 is 2.14 bits per heavy atom. The molecule has 8 nitrogen and oxygen atoms in total. The predicted molar refractivity (Wildman–Crippen MR) is 115 cm³/mol. The molecule has 1 atom stereocenters. The molecule has 29 heavy (non-hydrogen) atoms. The molecule has 0 aromatic heterocycles. The number of carbonyl (C=O) groups is 1. The van der Waals surface area contributed by atoms with E-state index in [0.717, 1.165) is 43.8 Å². The maximum atomic E-state index is 11.5. The Balaban J connectivity index is 1.76. The van der Waals surface area contributed by atoms with Crippen molar-refractivity contribution in [1.82, 2.24) is 20.9 Å². The van der Waals surface area contributed by atoms with Gasteiger partial charge in [-0.25, -0.2) is 0 Å². The number of nitrogens with zero attached hydrogens (tertiary/aromatic N) is 2. The van der Waals surface area contributed by atoms with Crippen molar-refractivity contribution in [3.05, 3.63) is 29.8 Å². The molecule has 0 radical (unpaired) electrons. The smallest absolute Gasteiger partial charge is 0.233 e. The van der Waals surface area contributed by atoms with Crippen LogP contribution in [0.2, 0.25) is 0 Å². The predicted octanol–water partition coefficient (Wildman–Crippen LogP) is 0.500. The lowest BCUT2D eigenvalue weighted by molar-refractivity contribution is -0.122. The van der Waals surface area contributed by atoms with Crippen LogP contribution in [0.5, 0.6) is 5.75 Å². The van der Waals surface area contributed by atoms with E-state index < -0.39 is 6.10 Å². The zero-order valence-electron chi connectivity index (χ0n) is 17.8. The number of carbonyl (C=O) groups excluding carboxylic acids is 1. The lowest BCUT2D eigenvalue weighted by Crippen LogP contribution is -2.50. The minimum Gasteiger partial charge on any atom is -0.491 e. The molecule has 0 saturated carbocycles. The van der Waals surface area contributed by atoms with Crippen molar-refractivity contribution in [2.45, 2.75) is 38.8 Å². The number of aliphatic imine (C=N–C) groups is 1. The Kier molecular flexibility index (Phi) is 9.73. The van der Waals surface area contributed by atoms with Crippen molar-refractivity contribution in [1.29, 1.82) is 0 Å². The number of piperidine rings is 1. The molecule has 162 valence electrons. The number of hydrogen-bond donors (Lipinski definition) is 4. The minimum atomic E-state index is -0.680. The molecule has 1 unspecified atom stereocenters. The third-order valence-electron chi connectivity index (χ3n) is 4.81. The summed E-state index contributed by atoms with van der Waals surface area (Å²) < 4.78 is 5.65. The van der Waals surface area contributed by atoms with Crippen LogP contribution in [-0.4, -0.2) is 80.4 Å². The summed E-state index contributed by atoms with van der Waals surface area (Å²) >= 11 is 0. The van der Waals surface area contributed by atoms with E-state index in [1.165, 1.54) is 0 Å². The van der Waals surface area contributed by atoms with E-state index >= 15 is 0 Å². The molecule has 8 heteroatoms. The fraction of sp³-hybridized carbons (Fsp3) is 0.619. The van der Waals surface area contributed by atoms with Crippen molar-refractivity contribution >= 4 is 11.9 Å². The molecule has 1 fully saturated rings. The lowest BCUT2D eigenvalue weighted by atomic mass is 10.1. The van der Waals surface area contributed by atoms with Gasteiger partial charge in [-0.05, 0) is 44.4 Å². The molecular formula is C21H35N5O3. The second-order valence-electron chi connectivity index (χ2n) is 7.37. The number of hydrogen-bond acceptors (Lipinski definition) is 5. The van der Waals surface area contributed by atoms with Crippen molar-refractivity contribution in [2.75, 3.05) is 46.4 Å². The van der Waals surface area contributed by atoms with Crippen LogP contribution in [0.15, 0.2) is 29.3 Å². The summed E-state index contributed by atoms with van der Waals surface area (Å²) in [6, 6.07) is 8.06. The summed E-state index contributed by atoms with van der Waals surface area (Å²) in [7, 11) is 1.66. The van der Waals surface area contributed by atoms with Crippen LogP contribution < -0.4 is 20.7 Å². The molecule has 1 aromatic carbocycles. The van der Waals surface area contributed by atoms with Gasteiger partial charge in [0.2, 0.25) is 5.91 Å². The van der Waals surface area contributed by atoms with E-state index in [-0.39, 0.29) is 19.1 Å². The van der Waals surface area contributed by atoms with Gasteiger partial charge in [0.15, 0.2) is 5.96 Å². The Morgan fingerprint density at radius 3 is 2.79 bits per heavy atom. The van der Waals surface area contributed by atoms with Gasteiger partial charge < -0.3 is 25.8 Å². The van der Waals surface area contributed by atoms with Gasteiger partial charge in [-0.2, -0.15) is 0 Å². The molecule has 4 N–H and O–H groups in total. The summed E-state index contributed by atoms with van der Waals surface area (Å²) in [5.41, 5.74) is 1.12. The van der Waals surface area contributed by atoms with Gasteiger partial charge >= 0.3 is 0 Å². The van der Waals surface area contributed by atoms with Crippen LogP contribution >= 0.6 is 0 Å². The first-order valence-corrected chi connectivity index (χ1v) is 10.4. The number of rotatable bonds is 9. The molecule has 1 amide bonds. The number of amides is 1. The molecule has 1 aromatic rings. The van der Waals surface area contributed by atoms with Crippen LogP contribution in [0.25, 0.3) is 0 Å². The molecule has 1 aliphatic rings. The molecule has 0 bridgehead atoms. The van der Waals surface area contributed by atoms with Crippen LogP contribution in [0.1, 0.15) is 25.3 Å². The number of aliphatic hydroxyl groups excluding tert-OH is 1. The van der Waals surface area contributed by atoms with Crippen LogP contribution in [0.3, 0.4) is 0 Å². The SMILES string of the molecule is CCNC(=NCC(O)COc1cccc(C)c1)NC1CCN(CC(=O)NC)CC1.